The Labute approximate surface area is 109 Å². The summed E-state index contributed by atoms with van der Waals surface area (Å²) in [5.74, 6) is -1.18. The van der Waals surface area contributed by atoms with Crippen molar-refractivity contribution in [3.8, 4) is 0 Å². The van der Waals surface area contributed by atoms with Crippen LogP contribution >= 0.6 is 0 Å². The lowest BCUT2D eigenvalue weighted by Crippen LogP contribution is -2.47. The number of hydrogen-bond donors (Lipinski definition) is 2. The number of carboxylic acids is 1. The zero-order chi connectivity index (χ0) is 15.3. The third-order valence-corrected chi connectivity index (χ3v) is 1.97. The lowest BCUT2D eigenvalue weighted by atomic mass is 10.1. The highest BCUT2D eigenvalue weighted by Gasteiger charge is 2.41. The Bertz CT molecular complexity index is 323. The van der Waals surface area contributed by atoms with E-state index in [2.05, 4.69) is 0 Å². The molecule has 0 heterocycles. The van der Waals surface area contributed by atoms with Crippen LogP contribution in [0.5, 0.6) is 0 Å². The minimum Gasteiger partial charge on any atom is -0.481 e. The smallest absolute Gasteiger partial charge is 0.408 e. The van der Waals surface area contributed by atoms with Gasteiger partial charge in [-0.25, -0.2) is 4.79 Å². The summed E-state index contributed by atoms with van der Waals surface area (Å²) in [6, 6.07) is -2.11. The largest absolute Gasteiger partial charge is 0.481 e. The summed E-state index contributed by atoms with van der Waals surface area (Å²) < 4.78 is 42.6. The van der Waals surface area contributed by atoms with Crippen molar-refractivity contribution < 1.29 is 32.6 Å². The number of ether oxygens (including phenoxy) is 1. The second kappa shape index (κ2) is 6.63. The number of carbonyl (C=O) groups excluding carboxylic acids is 1. The van der Waals surface area contributed by atoms with Gasteiger partial charge >= 0.3 is 18.2 Å². The number of alkyl carbamates (subject to hydrolysis) is 1. The van der Waals surface area contributed by atoms with E-state index in [1.54, 1.807) is 5.32 Å². The Kier molecular flexibility index (Phi) is 6.11. The number of halogens is 3. The fraction of sp³-hybridized carbons (Fsp3) is 0.818. The van der Waals surface area contributed by atoms with E-state index in [-0.39, 0.29) is 12.8 Å². The molecular weight excluding hydrogens is 267 g/mol. The Balaban J connectivity index is 4.44. The number of carbonyl (C=O) groups is 2. The molecule has 0 rings (SSSR count). The molecule has 5 nitrogen and oxygen atoms in total. The highest BCUT2D eigenvalue weighted by atomic mass is 19.4. The van der Waals surface area contributed by atoms with Gasteiger partial charge in [-0.05, 0) is 33.6 Å². The molecule has 1 atom stereocenters. The summed E-state index contributed by atoms with van der Waals surface area (Å²) in [4.78, 5) is 21.5. The van der Waals surface area contributed by atoms with Gasteiger partial charge in [0.25, 0.3) is 0 Å². The first-order chi connectivity index (χ1) is 8.42. The SMILES string of the molecule is CC(C)(C)OC(=O)N[C@H](CCCC(=O)O)C(F)(F)F. The molecule has 0 aromatic carbocycles. The normalized spacial score (nSPS) is 13.8. The van der Waals surface area contributed by atoms with Gasteiger partial charge in [0.1, 0.15) is 11.6 Å². The molecule has 0 unspecified atom stereocenters. The fourth-order valence-corrected chi connectivity index (χ4v) is 1.22. The van der Waals surface area contributed by atoms with E-state index in [1.165, 1.54) is 20.8 Å². The summed E-state index contributed by atoms with van der Waals surface area (Å²) in [5.41, 5.74) is -0.901. The van der Waals surface area contributed by atoms with Gasteiger partial charge in [0.15, 0.2) is 0 Å². The molecule has 0 radical (unpaired) electrons. The number of nitrogens with one attached hydrogen (secondary N) is 1. The van der Waals surface area contributed by atoms with Crippen LogP contribution in [0.1, 0.15) is 40.0 Å². The van der Waals surface area contributed by atoms with Gasteiger partial charge in [-0.3, -0.25) is 4.79 Å². The quantitative estimate of drug-likeness (QED) is 0.814. The number of aliphatic carboxylic acids is 1. The lowest BCUT2D eigenvalue weighted by molar-refractivity contribution is -0.157. The fourth-order valence-electron chi connectivity index (χ4n) is 1.22. The molecule has 0 fully saturated rings. The molecule has 0 saturated carbocycles. The van der Waals surface area contributed by atoms with Crippen molar-refractivity contribution in [1.82, 2.24) is 5.32 Å². The van der Waals surface area contributed by atoms with Gasteiger partial charge in [-0.1, -0.05) is 0 Å². The summed E-state index contributed by atoms with van der Waals surface area (Å²) in [6.07, 6.45) is -6.90. The molecule has 0 spiro atoms. The molecule has 19 heavy (non-hydrogen) atoms. The molecule has 2 N–H and O–H groups in total. The van der Waals surface area contributed by atoms with Gasteiger partial charge in [0.2, 0.25) is 0 Å². The first kappa shape index (κ1) is 17.5. The van der Waals surface area contributed by atoms with Crippen molar-refractivity contribution in [1.29, 1.82) is 0 Å². The Morgan fingerprint density at radius 1 is 1.26 bits per heavy atom. The minimum atomic E-state index is -4.64. The van der Waals surface area contributed by atoms with Crippen LogP contribution in [0.3, 0.4) is 0 Å². The first-order valence-electron chi connectivity index (χ1n) is 5.70. The molecule has 0 aromatic heterocycles. The van der Waals surface area contributed by atoms with Gasteiger partial charge < -0.3 is 15.2 Å². The standard InChI is InChI=1S/C11H18F3NO4/c1-10(2,3)19-9(18)15-7(11(12,13)14)5-4-6-8(16)17/h7H,4-6H2,1-3H3,(H,15,18)(H,16,17)/t7-/m1/s1. The van der Waals surface area contributed by atoms with Crippen LogP contribution in [0.25, 0.3) is 0 Å². The van der Waals surface area contributed by atoms with Crippen LogP contribution in [0.15, 0.2) is 0 Å². The molecule has 0 aliphatic rings. The second-order valence-electron chi connectivity index (χ2n) is 5.03. The van der Waals surface area contributed by atoms with Crippen molar-refractivity contribution in [3.63, 3.8) is 0 Å². The van der Waals surface area contributed by atoms with Crippen molar-refractivity contribution in [2.24, 2.45) is 0 Å². The zero-order valence-corrected chi connectivity index (χ0v) is 11.0. The van der Waals surface area contributed by atoms with Crippen LogP contribution in [-0.2, 0) is 9.53 Å². The minimum absolute atomic E-state index is 0.185. The Morgan fingerprint density at radius 3 is 2.16 bits per heavy atom. The van der Waals surface area contributed by atoms with E-state index in [0.717, 1.165) is 0 Å². The van der Waals surface area contributed by atoms with Crippen molar-refractivity contribution >= 4 is 12.1 Å². The number of carboxylic acid groups (broad SMARTS) is 1. The van der Waals surface area contributed by atoms with Gasteiger partial charge in [0.05, 0.1) is 0 Å². The molecule has 0 aromatic rings. The highest BCUT2D eigenvalue weighted by molar-refractivity contribution is 5.68. The summed E-state index contributed by atoms with van der Waals surface area (Å²) in [6.45, 7) is 4.58. The maximum absolute atomic E-state index is 12.6. The van der Waals surface area contributed by atoms with E-state index in [1.807, 2.05) is 0 Å². The summed E-state index contributed by atoms with van der Waals surface area (Å²) in [5, 5.41) is 10.1. The third-order valence-electron chi connectivity index (χ3n) is 1.97. The molecule has 0 bridgehead atoms. The lowest BCUT2D eigenvalue weighted by Gasteiger charge is -2.25. The third kappa shape index (κ3) is 9.15. The van der Waals surface area contributed by atoms with E-state index < -0.39 is 36.3 Å². The molecule has 0 aliphatic carbocycles. The predicted octanol–water partition coefficient (Wildman–Crippen LogP) is 2.70. The number of alkyl halides is 3. The predicted molar refractivity (Wildman–Crippen MR) is 60.7 cm³/mol. The average molecular weight is 285 g/mol. The van der Waals surface area contributed by atoms with Crippen LogP contribution in [0.2, 0.25) is 0 Å². The van der Waals surface area contributed by atoms with E-state index in [0.29, 0.717) is 0 Å². The van der Waals surface area contributed by atoms with Gasteiger partial charge in [-0.2, -0.15) is 13.2 Å². The van der Waals surface area contributed by atoms with Crippen molar-refractivity contribution in [2.45, 2.75) is 57.9 Å². The topological polar surface area (TPSA) is 75.6 Å². The van der Waals surface area contributed by atoms with Crippen molar-refractivity contribution in [2.75, 3.05) is 0 Å². The van der Waals surface area contributed by atoms with E-state index in [9.17, 15) is 22.8 Å². The van der Waals surface area contributed by atoms with Crippen LogP contribution < -0.4 is 5.32 Å². The second-order valence-corrected chi connectivity index (χ2v) is 5.03. The Hall–Kier alpha value is -1.47. The molecule has 112 valence electrons. The van der Waals surface area contributed by atoms with E-state index in [4.69, 9.17) is 9.84 Å². The maximum Gasteiger partial charge on any atom is 0.408 e. The monoisotopic (exact) mass is 285 g/mol. The van der Waals surface area contributed by atoms with Crippen LogP contribution in [0, 0.1) is 0 Å². The summed E-state index contributed by atoms with van der Waals surface area (Å²) >= 11 is 0. The van der Waals surface area contributed by atoms with Gasteiger partial charge in [-0.15, -0.1) is 0 Å². The van der Waals surface area contributed by atoms with Crippen LogP contribution in [-0.4, -0.2) is 35.0 Å². The zero-order valence-electron chi connectivity index (χ0n) is 11.0. The molecule has 8 heteroatoms. The number of hydrogen-bond acceptors (Lipinski definition) is 3. The van der Waals surface area contributed by atoms with E-state index >= 15 is 0 Å². The molecule has 0 saturated heterocycles. The number of rotatable bonds is 5. The maximum atomic E-state index is 12.6. The van der Waals surface area contributed by atoms with Gasteiger partial charge in [0, 0.05) is 6.42 Å². The van der Waals surface area contributed by atoms with Crippen molar-refractivity contribution in [3.05, 3.63) is 0 Å². The average Bonchev–Trinajstić information content (AvgIpc) is 2.10. The summed E-state index contributed by atoms with van der Waals surface area (Å²) in [7, 11) is 0. The number of amides is 1. The Morgan fingerprint density at radius 2 is 1.79 bits per heavy atom. The molecule has 0 aliphatic heterocycles. The highest BCUT2D eigenvalue weighted by Crippen LogP contribution is 2.24. The van der Waals surface area contributed by atoms with Crippen LogP contribution in [0.4, 0.5) is 18.0 Å². The molecule has 1 amide bonds. The first-order valence-corrected chi connectivity index (χ1v) is 5.70. The molecular formula is C11H18F3NO4.